The van der Waals surface area contributed by atoms with Crippen LogP contribution in [0.15, 0.2) is 0 Å². The van der Waals surface area contributed by atoms with Crippen molar-refractivity contribution in [2.75, 3.05) is 18.1 Å². The quantitative estimate of drug-likeness (QED) is 0.660. The Morgan fingerprint density at radius 3 is 2.75 bits per heavy atom. The second-order valence-corrected chi connectivity index (χ2v) is 5.20. The van der Waals surface area contributed by atoms with Crippen molar-refractivity contribution in [1.82, 2.24) is 4.90 Å². The average Bonchev–Trinajstić information content (AvgIpc) is 2.01. The molecule has 0 aromatic heterocycles. The first-order valence-electron chi connectivity index (χ1n) is 4.86. The van der Waals surface area contributed by atoms with Crippen LogP contribution in [0.1, 0.15) is 19.8 Å². The van der Waals surface area contributed by atoms with Gasteiger partial charge in [0, 0.05) is 36.2 Å². The molecular weight excluding hydrogens is 168 g/mol. The Hall–Kier alpha value is 0.270. The molecule has 1 saturated carbocycles. The molecule has 1 saturated heterocycles. The third-order valence-electron chi connectivity index (χ3n) is 3.04. The Balaban J connectivity index is 1.85. The average molecular weight is 186 g/mol. The van der Waals surface area contributed by atoms with Gasteiger partial charge in [-0.05, 0) is 19.8 Å². The van der Waals surface area contributed by atoms with Crippen LogP contribution in [-0.2, 0) is 0 Å². The van der Waals surface area contributed by atoms with Crippen LogP contribution in [0.4, 0.5) is 0 Å². The molecule has 1 atom stereocenters. The monoisotopic (exact) mass is 186 g/mol. The van der Waals surface area contributed by atoms with Gasteiger partial charge in [0.05, 0.1) is 0 Å². The molecule has 0 spiro atoms. The van der Waals surface area contributed by atoms with E-state index >= 15 is 0 Å². The summed E-state index contributed by atoms with van der Waals surface area (Å²) in [4.78, 5) is 2.65. The molecule has 12 heavy (non-hydrogen) atoms. The van der Waals surface area contributed by atoms with Crippen molar-refractivity contribution in [3.05, 3.63) is 0 Å². The molecule has 2 fully saturated rings. The fraction of sp³-hybridized carbons (Fsp3) is 1.00. The van der Waals surface area contributed by atoms with E-state index in [-0.39, 0.29) is 0 Å². The second-order valence-electron chi connectivity index (χ2n) is 4.05. The summed E-state index contributed by atoms with van der Waals surface area (Å²) in [5, 5.41) is 0. The van der Waals surface area contributed by atoms with Crippen molar-refractivity contribution in [3.8, 4) is 0 Å². The Morgan fingerprint density at radius 2 is 2.17 bits per heavy atom. The molecule has 0 bridgehead atoms. The summed E-state index contributed by atoms with van der Waals surface area (Å²) in [6.07, 6.45) is 2.46. The molecule has 1 aliphatic heterocycles. The van der Waals surface area contributed by atoms with Crippen LogP contribution in [0.2, 0.25) is 0 Å². The van der Waals surface area contributed by atoms with Crippen molar-refractivity contribution in [3.63, 3.8) is 0 Å². The topological polar surface area (TPSA) is 29.3 Å². The summed E-state index contributed by atoms with van der Waals surface area (Å²) in [6.45, 7) is 3.62. The maximum Gasteiger partial charge on any atom is 0.0161 e. The van der Waals surface area contributed by atoms with Crippen LogP contribution in [0, 0.1) is 0 Å². The standard InChI is InChI=1S/C9H18N2S/c1-7-6-12-3-2-11(7)9-4-8(10)5-9/h7-9H,2-6,10H2,1H3. The van der Waals surface area contributed by atoms with E-state index in [9.17, 15) is 0 Å². The molecule has 0 aromatic rings. The molecule has 2 nitrogen and oxygen atoms in total. The summed E-state index contributed by atoms with van der Waals surface area (Å²) in [7, 11) is 0. The summed E-state index contributed by atoms with van der Waals surface area (Å²) in [5.74, 6) is 2.63. The Labute approximate surface area is 78.9 Å². The number of hydrogen-bond donors (Lipinski definition) is 1. The third kappa shape index (κ3) is 1.63. The van der Waals surface area contributed by atoms with E-state index < -0.39 is 0 Å². The first kappa shape index (κ1) is 8.85. The molecule has 2 aliphatic rings. The number of rotatable bonds is 1. The van der Waals surface area contributed by atoms with E-state index in [0.29, 0.717) is 6.04 Å². The molecule has 3 heteroatoms. The van der Waals surface area contributed by atoms with Gasteiger partial charge in [0.15, 0.2) is 0 Å². The van der Waals surface area contributed by atoms with Gasteiger partial charge in [-0.2, -0.15) is 11.8 Å². The third-order valence-corrected chi connectivity index (χ3v) is 4.23. The number of hydrogen-bond acceptors (Lipinski definition) is 3. The first-order valence-corrected chi connectivity index (χ1v) is 6.02. The Bertz CT molecular complexity index is 157. The van der Waals surface area contributed by atoms with Gasteiger partial charge in [0.25, 0.3) is 0 Å². The van der Waals surface area contributed by atoms with Gasteiger partial charge in [0.2, 0.25) is 0 Å². The van der Waals surface area contributed by atoms with Crippen molar-refractivity contribution < 1.29 is 0 Å². The van der Waals surface area contributed by atoms with Crippen molar-refractivity contribution in [2.24, 2.45) is 5.73 Å². The van der Waals surface area contributed by atoms with Gasteiger partial charge in [-0.1, -0.05) is 0 Å². The minimum Gasteiger partial charge on any atom is -0.328 e. The Morgan fingerprint density at radius 1 is 1.42 bits per heavy atom. The maximum atomic E-state index is 5.79. The first-order chi connectivity index (χ1) is 5.77. The van der Waals surface area contributed by atoms with Crippen LogP contribution < -0.4 is 5.73 Å². The van der Waals surface area contributed by atoms with E-state index in [1.54, 1.807) is 0 Å². The zero-order valence-corrected chi connectivity index (χ0v) is 8.52. The summed E-state index contributed by atoms with van der Waals surface area (Å²) < 4.78 is 0. The van der Waals surface area contributed by atoms with Crippen LogP contribution in [-0.4, -0.2) is 41.1 Å². The van der Waals surface area contributed by atoms with Gasteiger partial charge in [0.1, 0.15) is 0 Å². The van der Waals surface area contributed by atoms with Gasteiger partial charge < -0.3 is 5.73 Å². The second kappa shape index (κ2) is 3.56. The fourth-order valence-electron chi connectivity index (χ4n) is 2.18. The summed E-state index contributed by atoms with van der Waals surface area (Å²) >= 11 is 2.09. The minimum absolute atomic E-state index is 0.497. The predicted molar refractivity (Wildman–Crippen MR) is 54.5 cm³/mol. The number of nitrogens with two attached hydrogens (primary N) is 1. The van der Waals surface area contributed by atoms with Crippen LogP contribution in [0.3, 0.4) is 0 Å². The molecule has 2 rings (SSSR count). The van der Waals surface area contributed by atoms with Gasteiger partial charge in [-0.25, -0.2) is 0 Å². The van der Waals surface area contributed by atoms with E-state index in [2.05, 4.69) is 23.6 Å². The van der Waals surface area contributed by atoms with Crippen molar-refractivity contribution in [1.29, 1.82) is 0 Å². The SMILES string of the molecule is CC1CSCCN1C1CC(N)C1. The maximum absolute atomic E-state index is 5.79. The highest BCUT2D eigenvalue weighted by Gasteiger charge is 2.34. The molecule has 1 aliphatic carbocycles. The van der Waals surface area contributed by atoms with E-state index in [0.717, 1.165) is 12.1 Å². The molecule has 1 unspecified atom stereocenters. The van der Waals surface area contributed by atoms with E-state index in [4.69, 9.17) is 5.73 Å². The highest BCUT2D eigenvalue weighted by Crippen LogP contribution is 2.29. The summed E-state index contributed by atoms with van der Waals surface area (Å²) in [6, 6.07) is 2.09. The Kier molecular flexibility index (Phi) is 2.63. The zero-order valence-electron chi connectivity index (χ0n) is 7.70. The molecule has 1 heterocycles. The van der Waals surface area contributed by atoms with E-state index in [1.807, 2.05) is 0 Å². The smallest absolute Gasteiger partial charge is 0.0161 e. The normalized spacial score (nSPS) is 44.0. The zero-order chi connectivity index (χ0) is 8.55. The van der Waals surface area contributed by atoms with Crippen LogP contribution in [0.5, 0.6) is 0 Å². The lowest BCUT2D eigenvalue weighted by Gasteiger charge is -2.46. The molecule has 0 aromatic carbocycles. The lowest BCUT2D eigenvalue weighted by molar-refractivity contribution is 0.0862. The van der Waals surface area contributed by atoms with Crippen LogP contribution in [0.25, 0.3) is 0 Å². The van der Waals surface area contributed by atoms with Crippen molar-refractivity contribution >= 4 is 11.8 Å². The minimum atomic E-state index is 0.497. The number of nitrogens with zero attached hydrogens (tertiary/aromatic N) is 1. The lowest BCUT2D eigenvalue weighted by Crippen LogP contribution is -2.55. The lowest BCUT2D eigenvalue weighted by atomic mass is 9.85. The summed E-state index contributed by atoms with van der Waals surface area (Å²) in [5.41, 5.74) is 5.79. The molecule has 2 N–H and O–H groups in total. The largest absolute Gasteiger partial charge is 0.328 e. The highest BCUT2D eigenvalue weighted by atomic mass is 32.2. The molecule has 0 radical (unpaired) electrons. The number of thioether (sulfide) groups is 1. The predicted octanol–water partition coefficient (Wildman–Crippen LogP) is 0.913. The van der Waals surface area contributed by atoms with Gasteiger partial charge in [-0.15, -0.1) is 0 Å². The molecular formula is C9H18N2S. The van der Waals surface area contributed by atoms with Gasteiger partial charge in [-0.3, -0.25) is 4.90 Å². The van der Waals surface area contributed by atoms with Crippen LogP contribution >= 0.6 is 11.8 Å². The van der Waals surface area contributed by atoms with E-state index in [1.165, 1.54) is 30.9 Å². The molecule has 0 amide bonds. The highest BCUT2D eigenvalue weighted by molar-refractivity contribution is 7.99. The fourth-order valence-corrected chi connectivity index (χ4v) is 3.22. The van der Waals surface area contributed by atoms with Crippen molar-refractivity contribution in [2.45, 2.75) is 37.9 Å². The molecule has 70 valence electrons. The van der Waals surface area contributed by atoms with Gasteiger partial charge >= 0.3 is 0 Å².